The Balaban J connectivity index is 1.22. The van der Waals surface area contributed by atoms with Crippen molar-refractivity contribution in [2.45, 2.75) is 44.7 Å². The van der Waals surface area contributed by atoms with Crippen molar-refractivity contribution in [1.29, 1.82) is 0 Å². The van der Waals surface area contributed by atoms with Crippen LogP contribution in [0, 0.1) is 0 Å². The van der Waals surface area contributed by atoms with Crippen LogP contribution in [0.2, 0.25) is 5.02 Å². The first-order chi connectivity index (χ1) is 23.3. The van der Waals surface area contributed by atoms with Gasteiger partial charge in [0, 0.05) is 62.4 Å². The molecule has 48 heavy (non-hydrogen) atoms. The normalized spacial score (nSPS) is 14.5. The van der Waals surface area contributed by atoms with Crippen molar-refractivity contribution in [2.24, 2.45) is 0 Å². The second kappa shape index (κ2) is 16.9. The number of rotatable bonds is 16. The Morgan fingerprint density at radius 1 is 1.00 bits per heavy atom. The molecule has 0 radical (unpaired) electrons. The van der Waals surface area contributed by atoms with Crippen LogP contribution < -0.4 is 19.5 Å². The van der Waals surface area contributed by atoms with Gasteiger partial charge in [0.05, 0.1) is 39.0 Å². The maximum atomic E-state index is 13.7. The quantitative estimate of drug-likeness (QED) is 0.133. The molecule has 5 rings (SSSR count). The van der Waals surface area contributed by atoms with Gasteiger partial charge in [-0.15, -0.1) is 0 Å². The molecule has 0 saturated carbocycles. The number of ether oxygens (including phenoxy) is 4. The molecule has 0 spiro atoms. The second-order valence-corrected chi connectivity index (χ2v) is 12.6. The molecule has 1 saturated heterocycles. The van der Waals surface area contributed by atoms with E-state index in [2.05, 4.69) is 39.0 Å². The molecule has 258 valence electrons. The first-order valence-electron chi connectivity index (χ1n) is 16.7. The number of para-hydroxylation sites is 2. The van der Waals surface area contributed by atoms with Gasteiger partial charge in [-0.25, -0.2) is 4.98 Å². The fourth-order valence-electron chi connectivity index (χ4n) is 6.50. The van der Waals surface area contributed by atoms with E-state index >= 15 is 0 Å². The summed E-state index contributed by atoms with van der Waals surface area (Å²) in [7, 11) is 6.47. The lowest BCUT2D eigenvalue weighted by Crippen LogP contribution is -2.40. The Labute approximate surface area is 288 Å². The second-order valence-electron chi connectivity index (χ2n) is 12.2. The fraction of sp³-hybridized carbons (Fsp3) is 0.459. The molecular weight excluding hydrogens is 630 g/mol. The van der Waals surface area contributed by atoms with E-state index in [1.54, 1.807) is 38.4 Å². The zero-order valence-corrected chi connectivity index (χ0v) is 29.5. The highest BCUT2D eigenvalue weighted by Crippen LogP contribution is 2.38. The Morgan fingerprint density at radius 2 is 1.73 bits per heavy atom. The monoisotopic (exact) mass is 677 g/mol. The molecule has 0 aliphatic carbocycles. The minimum atomic E-state index is -0.125. The molecule has 1 aliphatic heterocycles. The molecule has 1 fully saturated rings. The maximum absolute atomic E-state index is 13.7. The van der Waals surface area contributed by atoms with Gasteiger partial charge in [-0.1, -0.05) is 35.9 Å². The Kier molecular flexibility index (Phi) is 12.4. The van der Waals surface area contributed by atoms with Gasteiger partial charge in [0.25, 0.3) is 5.91 Å². The number of amides is 1. The summed E-state index contributed by atoms with van der Waals surface area (Å²) in [6, 6.07) is 20.0. The molecule has 10 nitrogen and oxygen atoms in total. The predicted molar refractivity (Wildman–Crippen MR) is 191 cm³/mol. The number of halogens is 1. The summed E-state index contributed by atoms with van der Waals surface area (Å²) >= 11 is 6.43. The summed E-state index contributed by atoms with van der Waals surface area (Å²) < 4.78 is 24.3. The van der Waals surface area contributed by atoms with E-state index in [9.17, 15) is 4.79 Å². The van der Waals surface area contributed by atoms with Crippen LogP contribution in [0.3, 0.4) is 0 Å². The number of likely N-dealkylation sites (tertiary alicyclic amines) is 1. The third-order valence-corrected chi connectivity index (χ3v) is 9.34. The van der Waals surface area contributed by atoms with E-state index in [0.29, 0.717) is 53.6 Å². The van der Waals surface area contributed by atoms with E-state index in [4.69, 9.17) is 35.5 Å². The van der Waals surface area contributed by atoms with Crippen molar-refractivity contribution in [2.75, 3.05) is 73.1 Å². The molecule has 2 heterocycles. The van der Waals surface area contributed by atoms with Crippen molar-refractivity contribution < 1.29 is 23.7 Å². The molecule has 3 aromatic carbocycles. The molecule has 1 amide bonds. The summed E-state index contributed by atoms with van der Waals surface area (Å²) in [5, 5.41) is 4.44. The van der Waals surface area contributed by atoms with E-state index in [-0.39, 0.29) is 11.8 Å². The minimum Gasteiger partial charge on any atom is -0.493 e. The highest BCUT2D eigenvalue weighted by molar-refractivity contribution is 6.30. The van der Waals surface area contributed by atoms with Gasteiger partial charge in [0.2, 0.25) is 11.7 Å². The summed E-state index contributed by atoms with van der Waals surface area (Å²) in [6.45, 7) is 7.56. The fourth-order valence-corrected chi connectivity index (χ4v) is 6.70. The van der Waals surface area contributed by atoms with Crippen molar-refractivity contribution in [3.05, 3.63) is 76.8 Å². The van der Waals surface area contributed by atoms with Gasteiger partial charge >= 0.3 is 0 Å². The average molecular weight is 678 g/mol. The molecule has 1 aliphatic rings. The van der Waals surface area contributed by atoms with Gasteiger partial charge in [-0.2, -0.15) is 0 Å². The largest absolute Gasteiger partial charge is 0.493 e. The molecule has 0 bridgehead atoms. The standard InChI is InChI=1S/C37H48ClN5O5/c1-6-48-21-20-43-32-13-8-7-12-31(32)40-37(43)39-30-15-18-42(19-16-30)17-14-27(26-10-9-11-29(38)22-26)25-41(2)36(44)28-23-33(45-3)35(47-5)34(24-28)46-4/h7-13,22-24,27,30H,6,14-21,25H2,1-5H3,(H,39,40). The number of carbonyl (C=O) groups excluding carboxylic acids is 1. The van der Waals surface area contributed by atoms with E-state index < -0.39 is 0 Å². The number of likely N-dealkylation sites (N-methyl/N-ethyl adjacent to an activating group) is 1. The molecule has 1 unspecified atom stereocenters. The topological polar surface area (TPSA) is 90.3 Å². The lowest BCUT2D eigenvalue weighted by atomic mass is 9.94. The van der Waals surface area contributed by atoms with Crippen LogP contribution in [-0.4, -0.2) is 99.1 Å². The summed E-state index contributed by atoms with van der Waals surface area (Å²) in [5.74, 6) is 2.23. The number of anilines is 1. The van der Waals surface area contributed by atoms with E-state index in [0.717, 1.165) is 68.0 Å². The lowest BCUT2D eigenvalue weighted by molar-refractivity contribution is 0.0781. The number of nitrogens with one attached hydrogen (secondary N) is 1. The van der Waals surface area contributed by atoms with Crippen LogP contribution >= 0.6 is 11.6 Å². The lowest BCUT2D eigenvalue weighted by Gasteiger charge is -2.34. The first kappa shape index (κ1) is 35.3. The Morgan fingerprint density at radius 3 is 2.40 bits per heavy atom. The number of carbonyl (C=O) groups is 1. The smallest absolute Gasteiger partial charge is 0.253 e. The number of benzene rings is 3. The average Bonchev–Trinajstić information content (AvgIpc) is 3.46. The number of hydrogen-bond donors (Lipinski definition) is 1. The highest BCUT2D eigenvalue weighted by atomic mass is 35.5. The van der Waals surface area contributed by atoms with Gasteiger partial charge in [0.1, 0.15) is 0 Å². The van der Waals surface area contributed by atoms with Gasteiger partial charge in [-0.05, 0) is 74.7 Å². The van der Waals surface area contributed by atoms with Crippen LogP contribution in [0.4, 0.5) is 5.95 Å². The van der Waals surface area contributed by atoms with Gasteiger partial charge < -0.3 is 38.6 Å². The number of fused-ring (bicyclic) bond motifs is 1. The summed E-state index contributed by atoms with van der Waals surface area (Å²) in [5.41, 5.74) is 3.71. The number of imidazole rings is 1. The zero-order chi connectivity index (χ0) is 34.0. The highest BCUT2D eigenvalue weighted by Gasteiger charge is 2.25. The zero-order valence-electron chi connectivity index (χ0n) is 28.7. The number of piperidine rings is 1. The van der Waals surface area contributed by atoms with Crippen molar-refractivity contribution in [1.82, 2.24) is 19.4 Å². The van der Waals surface area contributed by atoms with Crippen molar-refractivity contribution in [3.63, 3.8) is 0 Å². The van der Waals surface area contributed by atoms with Gasteiger partial charge in [0.15, 0.2) is 11.5 Å². The Hall–Kier alpha value is -3.99. The molecule has 1 aromatic heterocycles. The number of nitrogens with zero attached hydrogens (tertiary/aromatic N) is 4. The van der Waals surface area contributed by atoms with Crippen LogP contribution in [0.1, 0.15) is 48.0 Å². The number of methoxy groups -OCH3 is 3. The molecular formula is C37H48ClN5O5. The minimum absolute atomic E-state index is 0.0979. The van der Waals surface area contributed by atoms with E-state index in [1.165, 1.54) is 0 Å². The van der Waals surface area contributed by atoms with Crippen LogP contribution in [0.15, 0.2) is 60.7 Å². The summed E-state index contributed by atoms with van der Waals surface area (Å²) in [4.78, 5) is 22.9. The molecule has 1 atom stereocenters. The van der Waals surface area contributed by atoms with Crippen LogP contribution in [-0.2, 0) is 11.3 Å². The van der Waals surface area contributed by atoms with Crippen molar-refractivity contribution in [3.8, 4) is 17.2 Å². The SMILES string of the molecule is CCOCCn1c(NC2CCN(CCC(CN(C)C(=O)c3cc(OC)c(OC)c(OC)c3)c3cccc(Cl)c3)CC2)nc2ccccc21. The molecule has 1 N–H and O–H groups in total. The van der Waals surface area contributed by atoms with Crippen LogP contribution in [0.5, 0.6) is 17.2 Å². The third-order valence-electron chi connectivity index (χ3n) is 9.11. The molecule has 11 heteroatoms. The maximum Gasteiger partial charge on any atom is 0.253 e. The first-order valence-corrected chi connectivity index (χ1v) is 17.1. The predicted octanol–water partition coefficient (Wildman–Crippen LogP) is 6.57. The number of aromatic nitrogens is 2. The van der Waals surface area contributed by atoms with Gasteiger partial charge in [-0.3, -0.25) is 4.79 Å². The van der Waals surface area contributed by atoms with Crippen LogP contribution in [0.25, 0.3) is 11.0 Å². The molecule has 4 aromatic rings. The number of hydrogen-bond acceptors (Lipinski definition) is 8. The third kappa shape index (κ3) is 8.53. The Bertz CT molecular complexity index is 1630. The van der Waals surface area contributed by atoms with E-state index in [1.807, 2.05) is 38.2 Å². The summed E-state index contributed by atoms with van der Waals surface area (Å²) in [6.07, 6.45) is 2.94. The van der Waals surface area contributed by atoms with Crippen molar-refractivity contribution >= 4 is 34.5 Å².